The molecule has 0 amide bonds. The maximum absolute atomic E-state index is 11.1. The Balaban J connectivity index is 2.25. The molecule has 0 spiro atoms. The molecule has 0 bridgehead atoms. The average molecular weight is 250 g/mol. The van der Waals surface area contributed by atoms with Crippen LogP contribution in [0.5, 0.6) is 0 Å². The van der Waals surface area contributed by atoms with Crippen LogP contribution < -0.4 is 0 Å². The predicted octanol–water partition coefficient (Wildman–Crippen LogP) is 1.41. The van der Waals surface area contributed by atoms with E-state index in [-0.39, 0.29) is 10.8 Å². The Morgan fingerprint density at radius 2 is 2.08 bits per heavy atom. The number of rotatable bonds is 3. The fourth-order valence-corrected chi connectivity index (χ4v) is 2.17. The van der Waals surface area contributed by atoms with E-state index < -0.39 is 0 Å². The SMILES string of the molecule is COC(=O)C(Br)CN1CCCCC1. The van der Waals surface area contributed by atoms with E-state index in [1.807, 2.05) is 0 Å². The molecule has 1 atom stereocenters. The molecule has 0 aromatic heterocycles. The van der Waals surface area contributed by atoms with E-state index in [1.54, 1.807) is 0 Å². The molecule has 0 saturated carbocycles. The normalized spacial score (nSPS) is 21.1. The molecule has 13 heavy (non-hydrogen) atoms. The van der Waals surface area contributed by atoms with Crippen molar-refractivity contribution in [2.75, 3.05) is 26.7 Å². The standard InChI is InChI=1S/C9H16BrNO2/c1-13-9(12)8(10)7-11-5-3-2-4-6-11/h8H,2-7H2,1H3. The summed E-state index contributed by atoms with van der Waals surface area (Å²) < 4.78 is 4.64. The molecule has 1 rings (SSSR count). The minimum absolute atomic E-state index is 0.171. The number of hydrogen-bond donors (Lipinski definition) is 0. The minimum Gasteiger partial charge on any atom is -0.468 e. The summed E-state index contributed by atoms with van der Waals surface area (Å²) in [5, 5.41) is 0. The number of nitrogens with zero attached hydrogens (tertiary/aromatic N) is 1. The van der Waals surface area contributed by atoms with E-state index in [4.69, 9.17) is 0 Å². The molecule has 0 aromatic rings. The van der Waals surface area contributed by atoms with E-state index in [1.165, 1.54) is 26.4 Å². The maximum Gasteiger partial charge on any atom is 0.320 e. The number of methoxy groups -OCH3 is 1. The second kappa shape index (κ2) is 5.60. The summed E-state index contributed by atoms with van der Waals surface area (Å²) in [7, 11) is 1.42. The van der Waals surface area contributed by atoms with Crippen molar-refractivity contribution < 1.29 is 9.53 Å². The van der Waals surface area contributed by atoms with E-state index in [0.29, 0.717) is 0 Å². The molecule has 76 valence electrons. The number of alkyl halides is 1. The van der Waals surface area contributed by atoms with Crippen molar-refractivity contribution >= 4 is 21.9 Å². The van der Waals surface area contributed by atoms with E-state index in [0.717, 1.165) is 19.6 Å². The van der Waals surface area contributed by atoms with Gasteiger partial charge in [0.25, 0.3) is 0 Å². The molecule has 0 N–H and O–H groups in total. The number of carbonyl (C=O) groups is 1. The Bertz CT molecular complexity index is 169. The zero-order valence-corrected chi connectivity index (χ0v) is 9.55. The Labute approximate surface area is 87.6 Å². The number of ether oxygens (including phenoxy) is 1. The molecule has 1 aliphatic heterocycles. The molecule has 1 heterocycles. The van der Waals surface area contributed by atoms with Gasteiger partial charge in [0, 0.05) is 6.54 Å². The van der Waals surface area contributed by atoms with E-state index in [9.17, 15) is 4.79 Å². The third-order valence-corrected chi connectivity index (χ3v) is 2.99. The van der Waals surface area contributed by atoms with Crippen molar-refractivity contribution in [2.45, 2.75) is 24.1 Å². The quantitative estimate of drug-likeness (QED) is 0.560. The van der Waals surface area contributed by atoms with Crippen LogP contribution in [-0.2, 0) is 9.53 Å². The Morgan fingerprint density at radius 1 is 1.46 bits per heavy atom. The van der Waals surface area contributed by atoms with Gasteiger partial charge >= 0.3 is 5.97 Å². The highest BCUT2D eigenvalue weighted by atomic mass is 79.9. The predicted molar refractivity (Wildman–Crippen MR) is 55.0 cm³/mol. The molecule has 3 nitrogen and oxygen atoms in total. The lowest BCUT2D eigenvalue weighted by atomic mass is 10.1. The van der Waals surface area contributed by atoms with Gasteiger partial charge in [-0.05, 0) is 25.9 Å². The van der Waals surface area contributed by atoms with Crippen molar-refractivity contribution in [1.29, 1.82) is 0 Å². The van der Waals surface area contributed by atoms with Gasteiger partial charge in [0.05, 0.1) is 7.11 Å². The van der Waals surface area contributed by atoms with Gasteiger partial charge in [-0.25, -0.2) is 0 Å². The van der Waals surface area contributed by atoms with Crippen molar-refractivity contribution in [1.82, 2.24) is 4.90 Å². The van der Waals surface area contributed by atoms with Gasteiger partial charge in [-0.15, -0.1) is 0 Å². The molecular weight excluding hydrogens is 234 g/mol. The van der Waals surface area contributed by atoms with E-state index >= 15 is 0 Å². The van der Waals surface area contributed by atoms with Gasteiger partial charge in [-0.1, -0.05) is 22.4 Å². The first-order valence-corrected chi connectivity index (χ1v) is 5.60. The first-order valence-electron chi connectivity index (χ1n) is 4.68. The fourth-order valence-electron chi connectivity index (χ4n) is 1.57. The van der Waals surface area contributed by atoms with Crippen LogP contribution in [0.25, 0.3) is 0 Å². The van der Waals surface area contributed by atoms with Crippen LogP contribution >= 0.6 is 15.9 Å². The summed E-state index contributed by atoms with van der Waals surface area (Å²) in [6.07, 6.45) is 3.82. The topological polar surface area (TPSA) is 29.5 Å². The molecule has 1 unspecified atom stereocenters. The Hall–Kier alpha value is -0.0900. The van der Waals surface area contributed by atoms with Crippen molar-refractivity contribution in [3.05, 3.63) is 0 Å². The van der Waals surface area contributed by atoms with Crippen molar-refractivity contribution in [3.63, 3.8) is 0 Å². The molecule has 1 fully saturated rings. The van der Waals surface area contributed by atoms with Crippen molar-refractivity contribution in [3.8, 4) is 0 Å². The lowest BCUT2D eigenvalue weighted by Gasteiger charge is -2.27. The minimum atomic E-state index is -0.175. The zero-order valence-electron chi connectivity index (χ0n) is 7.96. The van der Waals surface area contributed by atoms with Crippen molar-refractivity contribution in [2.24, 2.45) is 0 Å². The van der Waals surface area contributed by atoms with Gasteiger partial charge < -0.3 is 9.64 Å². The number of esters is 1. The Kier molecular flexibility index (Phi) is 4.73. The number of carbonyl (C=O) groups excluding carboxylic acids is 1. The summed E-state index contributed by atoms with van der Waals surface area (Å²) in [6, 6.07) is 0. The van der Waals surface area contributed by atoms with Crippen LogP contribution in [-0.4, -0.2) is 42.4 Å². The monoisotopic (exact) mass is 249 g/mol. The summed E-state index contributed by atoms with van der Waals surface area (Å²) >= 11 is 3.32. The van der Waals surface area contributed by atoms with Gasteiger partial charge in [0.15, 0.2) is 0 Å². The molecule has 1 saturated heterocycles. The molecule has 0 aromatic carbocycles. The lowest BCUT2D eigenvalue weighted by molar-refractivity contribution is -0.140. The number of hydrogen-bond acceptors (Lipinski definition) is 3. The molecule has 0 aliphatic carbocycles. The summed E-state index contributed by atoms with van der Waals surface area (Å²) in [6.45, 7) is 2.99. The highest BCUT2D eigenvalue weighted by Gasteiger charge is 2.20. The number of likely N-dealkylation sites (tertiary alicyclic amines) is 1. The zero-order chi connectivity index (χ0) is 9.68. The third kappa shape index (κ3) is 3.65. The maximum atomic E-state index is 11.1. The van der Waals surface area contributed by atoms with Crippen LogP contribution in [0.1, 0.15) is 19.3 Å². The second-order valence-corrected chi connectivity index (χ2v) is 4.46. The summed E-state index contributed by atoms with van der Waals surface area (Å²) in [5.41, 5.74) is 0. The van der Waals surface area contributed by atoms with Crippen LogP contribution in [0.15, 0.2) is 0 Å². The van der Waals surface area contributed by atoms with Gasteiger partial charge in [-0.3, -0.25) is 4.79 Å². The molecular formula is C9H16BrNO2. The largest absolute Gasteiger partial charge is 0.468 e. The second-order valence-electron chi connectivity index (χ2n) is 3.35. The Morgan fingerprint density at radius 3 is 2.62 bits per heavy atom. The number of halogens is 1. The summed E-state index contributed by atoms with van der Waals surface area (Å²) in [5.74, 6) is -0.175. The van der Waals surface area contributed by atoms with Gasteiger partial charge in [0.2, 0.25) is 0 Å². The van der Waals surface area contributed by atoms with Gasteiger partial charge in [0.1, 0.15) is 4.83 Å². The van der Waals surface area contributed by atoms with Gasteiger partial charge in [-0.2, -0.15) is 0 Å². The van der Waals surface area contributed by atoms with Crippen LogP contribution in [0.4, 0.5) is 0 Å². The van der Waals surface area contributed by atoms with Crippen LogP contribution in [0.2, 0.25) is 0 Å². The first-order chi connectivity index (χ1) is 6.24. The summed E-state index contributed by atoms with van der Waals surface area (Å²) in [4.78, 5) is 13.2. The van der Waals surface area contributed by atoms with Crippen LogP contribution in [0.3, 0.4) is 0 Å². The smallest absolute Gasteiger partial charge is 0.320 e. The van der Waals surface area contributed by atoms with E-state index in [2.05, 4.69) is 25.6 Å². The fraction of sp³-hybridized carbons (Fsp3) is 0.889. The van der Waals surface area contributed by atoms with Crippen LogP contribution in [0, 0.1) is 0 Å². The third-order valence-electron chi connectivity index (χ3n) is 2.32. The molecule has 4 heteroatoms. The average Bonchev–Trinajstić information content (AvgIpc) is 2.18. The highest BCUT2D eigenvalue weighted by molar-refractivity contribution is 9.10. The lowest BCUT2D eigenvalue weighted by Crippen LogP contribution is -2.37. The molecule has 0 radical (unpaired) electrons. The first kappa shape index (κ1) is 11.0. The number of piperidine rings is 1. The molecule has 1 aliphatic rings. The highest BCUT2D eigenvalue weighted by Crippen LogP contribution is 2.12.